The first-order chi connectivity index (χ1) is 10.7. The molecule has 0 saturated carbocycles. The molecule has 3 rings (SSSR count). The number of aromatic nitrogens is 2. The summed E-state index contributed by atoms with van der Waals surface area (Å²) in [7, 11) is 0. The highest BCUT2D eigenvalue weighted by Gasteiger charge is 2.21. The van der Waals surface area contributed by atoms with Gasteiger partial charge in [-0.1, -0.05) is 0 Å². The molecular weight excluding hydrogens is 319 g/mol. The van der Waals surface area contributed by atoms with E-state index in [-0.39, 0.29) is 24.1 Å². The average Bonchev–Trinajstić information content (AvgIpc) is 2.75. The molecular formula is C16H20ClFN4O. The second-order valence-electron chi connectivity index (χ2n) is 5.43. The van der Waals surface area contributed by atoms with Crippen molar-refractivity contribution in [3.63, 3.8) is 0 Å². The zero-order valence-corrected chi connectivity index (χ0v) is 13.8. The Hall–Kier alpha value is -1.92. The highest BCUT2D eigenvalue weighted by Crippen LogP contribution is 2.16. The first kappa shape index (κ1) is 17.4. The molecule has 0 spiro atoms. The third-order valence-electron chi connectivity index (χ3n) is 3.94. The van der Waals surface area contributed by atoms with Crippen LogP contribution in [0.1, 0.15) is 22.5 Å². The molecule has 7 heteroatoms. The summed E-state index contributed by atoms with van der Waals surface area (Å²) in [5, 5.41) is 7.57. The predicted octanol–water partition coefficient (Wildman–Crippen LogP) is 2.18. The topological polar surface area (TPSA) is 50.2 Å². The normalized spacial score (nSPS) is 15.0. The fourth-order valence-electron chi connectivity index (χ4n) is 2.68. The van der Waals surface area contributed by atoms with E-state index in [1.807, 2.05) is 11.8 Å². The Balaban J connectivity index is 0.00000192. The van der Waals surface area contributed by atoms with Crippen molar-refractivity contribution in [3.05, 3.63) is 47.5 Å². The molecule has 0 radical (unpaired) electrons. The standard InChI is InChI=1S/C16H19FN4O.ClH/c1-12-15(16(22)20-9-2-7-18-8-10-20)11-19-21(12)14-5-3-13(17)4-6-14;/h3-6,11,18H,2,7-10H2,1H3;1H. The van der Waals surface area contributed by atoms with Crippen LogP contribution in [0.5, 0.6) is 0 Å². The Morgan fingerprint density at radius 2 is 1.96 bits per heavy atom. The Labute approximate surface area is 140 Å². The zero-order chi connectivity index (χ0) is 15.5. The lowest BCUT2D eigenvalue weighted by molar-refractivity contribution is 0.0765. The fourth-order valence-corrected chi connectivity index (χ4v) is 2.68. The molecule has 1 saturated heterocycles. The number of carbonyl (C=O) groups is 1. The van der Waals surface area contributed by atoms with Crippen LogP contribution in [0.4, 0.5) is 4.39 Å². The smallest absolute Gasteiger partial charge is 0.257 e. The van der Waals surface area contributed by atoms with E-state index >= 15 is 0 Å². The minimum atomic E-state index is -0.290. The molecule has 23 heavy (non-hydrogen) atoms. The monoisotopic (exact) mass is 338 g/mol. The maximum Gasteiger partial charge on any atom is 0.257 e. The van der Waals surface area contributed by atoms with Crippen LogP contribution >= 0.6 is 12.4 Å². The van der Waals surface area contributed by atoms with Crippen LogP contribution in [0.15, 0.2) is 30.5 Å². The van der Waals surface area contributed by atoms with E-state index in [9.17, 15) is 9.18 Å². The largest absolute Gasteiger partial charge is 0.337 e. The highest BCUT2D eigenvalue weighted by atomic mass is 35.5. The van der Waals surface area contributed by atoms with E-state index < -0.39 is 0 Å². The maximum atomic E-state index is 13.0. The molecule has 0 bridgehead atoms. The van der Waals surface area contributed by atoms with Gasteiger partial charge in [0.15, 0.2) is 0 Å². The molecule has 0 unspecified atom stereocenters. The maximum absolute atomic E-state index is 13.0. The van der Waals surface area contributed by atoms with Gasteiger partial charge in [0, 0.05) is 19.6 Å². The van der Waals surface area contributed by atoms with Gasteiger partial charge in [-0.05, 0) is 44.2 Å². The number of hydrogen-bond acceptors (Lipinski definition) is 3. The van der Waals surface area contributed by atoms with Crippen molar-refractivity contribution >= 4 is 18.3 Å². The van der Waals surface area contributed by atoms with Gasteiger partial charge in [-0.3, -0.25) is 4.79 Å². The lowest BCUT2D eigenvalue weighted by Gasteiger charge is -2.19. The van der Waals surface area contributed by atoms with E-state index in [1.165, 1.54) is 12.1 Å². The molecule has 2 aromatic rings. The van der Waals surface area contributed by atoms with Crippen molar-refractivity contribution in [2.75, 3.05) is 26.2 Å². The number of halogens is 2. The summed E-state index contributed by atoms with van der Waals surface area (Å²) in [6.07, 6.45) is 2.55. The van der Waals surface area contributed by atoms with Crippen molar-refractivity contribution in [1.29, 1.82) is 0 Å². The Morgan fingerprint density at radius 1 is 1.22 bits per heavy atom. The fraction of sp³-hybridized carbons (Fsp3) is 0.375. The van der Waals surface area contributed by atoms with Crippen LogP contribution in [0, 0.1) is 12.7 Å². The molecule has 0 aliphatic carbocycles. The molecule has 5 nitrogen and oxygen atoms in total. The minimum Gasteiger partial charge on any atom is -0.337 e. The summed E-state index contributed by atoms with van der Waals surface area (Å²) in [6, 6.07) is 6.08. The van der Waals surface area contributed by atoms with Crippen molar-refractivity contribution in [2.24, 2.45) is 0 Å². The number of carbonyl (C=O) groups excluding carboxylic acids is 1. The van der Waals surface area contributed by atoms with Gasteiger partial charge in [0.1, 0.15) is 5.82 Å². The summed E-state index contributed by atoms with van der Waals surface area (Å²) < 4.78 is 14.7. The second kappa shape index (κ2) is 7.57. The SMILES string of the molecule is Cc1c(C(=O)N2CCCNCC2)cnn1-c1ccc(F)cc1.Cl. The van der Waals surface area contributed by atoms with E-state index in [1.54, 1.807) is 23.0 Å². The van der Waals surface area contributed by atoms with Gasteiger partial charge in [0.25, 0.3) is 5.91 Å². The van der Waals surface area contributed by atoms with Crippen LogP contribution in [-0.2, 0) is 0 Å². The van der Waals surface area contributed by atoms with Gasteiger partial charge in [-0.25, -0.2) is 9.07 Å². The predicted molar refractivity (Wildman–Crippen MR) is 88.9 cm³/mol. The molecule has 124 valence electrons. The zero-order valence-electron chi connectivity index (χ0n) is 13.0. The van der Waals surface area contributed by atoms with E-state index in [0.29, 0.717) is 12.1 Å². The molecule has 1 aliphatic heterocycles. The van der Waals surface area contributed by atoms with Gasteiger partial charge in [0.2, 0.25) is 0 Å². The lowest BCUT2D eigenvalue weighted by atomic mass is 10.2. The highest BCUT2D eigenvalue weighted by molar-refractivity contribution is 5.95. The third kappa shape index (κ3) is 3.71. The van der Waals surface area contributed by atoms with Gasteiger partial charge in [-0.15, -0.1) is 12.4 Å². The Morgan fingerprint density at radius 3 is 2.70 bits per heavy atom. The first-order valence-corrected chi connectivity index (χ1v) is 7.47. The molecule has 1 aromatic heterocycles. The quantitative estimate of drug-likeness (QED) is 0.913. The number of benzene rings is 1. The van der Waals surface area contributed by atoms with E-state index in [2.05, 4.69) is 10.4 Å². The summed E-state index contributed by atoms with van der Waals surface area (Å²) in [5.74, 6) is -0.281. The molecule has 1 amide bonds. The van der Waals surface area contributed by atoms with Crippen molar-refractivity contribution in [3.8, 4) is 5.69 Å². The molecule has 1 aromatic carbocycles. The van der Waals surface area contributed by atoms with Gasteiger partial charge in [-0.2, -0.15) is 5.10 Å². The lowest BCUT2D eigenvalue weighted by Crippen LogP contribution is -2.34. The van der Waals surface area contributed by atoms with Crippen LogP contribution < -0.4 is 5.32 Å². The molecule has 0 atom stereocenters. The molecule has 1 aliphatic rings. The van der Waals surface area contributed by atoms with Crippen molar-refractivity contribution in [1.82, 2.24) is 20.0 Å². The summed E-state index contributed by atoms with van der Waals surface area (Å²) in [6.45, 7) is 5.08. The van der Waals surface area contributed by atoms with E-state index in [4.69, 9.17) is 0 Å². The van der Waals surface area contributed by atoms with Gasteiger partial charge >= 0.3 is 0 Å². The molecule has 1 N–H and O–H groups in total. The van der Waals surface area contributed by atoms with Gasteiger partial charge in [0.05, 0.1) is 23.1 Å². The molecule has 1 fully saturated rings. The minimum absolute atomic E-state index is 0. The average molecular weight is 339 g/mol. The number of hydrogen-bond donors (Lipinski definition) is 1. The summed E-state index contributed by atoms with van der Waals surface area (Å²) in [5.41, 5.74) is 2.12. The van der Waals surface area contributed by atoms with Crippen LogP contribution in [-0.4, -0.2) is 46.8 Å². The Bertz CT molecular complexity index is 663. The number of amides is 1. The Kier molecular flexibility index (Phi) is 5.74. The van der Waals surface area contributed by atoms with Crippen LogP contribution in [0.3, 0.4) is 0 Å². The first-order valence-electron chi connectivity index (χ1n) is 7.47. The summed E-state index contributed by atoms with van der Waals surface area (Å²) >= 11 is 0. The van der Waals surface area contributed by atoms with Gasteiger partial charge < -0.3 is 10.2 Å². The van der Waals surface area contributed by atoms with Crippen LogP contribution in [0.25, 0.3) is 5.69 Å². The number of nitrogens with zero attached hydrogens (tertiary/aromatic N) is 3. The second-order valence-corrected chi connectivity index (χ2v) is 5.43. The van der Waals surface area contributed by atoms with Crippen LogP contribution in [0.2, 0.25) is 0 Å². The molecule has 2 heterocycles. The van der Waals surface area contributed by atoms with Crippen molar-refractivity contribution in [2.45, 2.75) is 13.3 Å². The summed E-state index contributed by atoms with van der Waals surface area (Å²) in [4.78, 5) is 14.5. The third-order valence-corrected chi connectivity index (χ3v) is 3.94. The number of nitrogens with one attached hydrogen (secondary N) is 1. The van der Waals surface area contributed by atoms with Crippen molar-refractivity contribution < 1.29 is 9.18 Å². The van der Waals surface area contributed by atoms with E-state index in [0.717, 1.165) is 37.4 Å². The number of rotatable bonds is 2.